The summed E-state index contributed by atoms with van der Waals surface area (Å²) in [5, 5.41) is 3.25. The van der Waals surface area contributed by atoms with Gasteiger partial charge in [-0.3, -0.25) is 0 Å². The van der Waals surface area contributed by atoms with Crippen LogP contribution in [-0.2, 0) is 22.3 Å². The molecule has 0 atom stereocenters. The van der Waals surface area contributed by atoms with Crippen molar-refractivity contribution < 1.29 is 8.42 Å². The fourth-order valence-electron chi connectivity index (χ4n) is 2.01. The van der Waals surface area contributed by atoms with Crippen molar-refractivity contribution in [3.63, 3.8) is 0 Å². The van der Waals surface area contributed by atoms with Crippen LogP contribution in [-0.4, -0.2) is 31.9 Å². The first kappa shape index (κ1) is 18.1. The molecule has 1 N–H and O–H groups in total. The summed E-state index contributed by atoms with van der Waals surface area (Å²) in [4.78, 5) is 0. The minimum atomic E-state index is -3.31. The monoisotopic (exact) mass is 312 g/mol. The van der Waals surface area contributed by atoms with Gasteiger partial charge in [0, 0.05) is 19.1 Å². The molecule has 4 nitrogen and oxygen atoms in total. The van der Waals surface area contributed by atoms with E-state index in [1.165, 1.54) is 4.31 Å². The van der Waals surface area contributed by atoms with E-state index in [4.69, 9.17) is 0 Å². The molecule has 0 aliphatic rings. The number of hydrogen-bond donors (Lipinski definition) is 1. The Morgan fingerprint density at radius 3 is 2.38 bits per heavy atom. The first-order chi connectivity index (χ1) is 9.73. The summed E-state index contributed by atoms with van der Waals surface area (Å²) in [6.07, 6.45) is 0.781. The van der Waals surface area contributed by atoms with Crippen LogP contribution in [0.2, 0.25) is 0 Å². The standard InChI is InChI=1S/C16H28N2O2S/c1-6-16(3,4)18(5)21(19,20)13-15-10-8-9-14(11-15)12-17-7-2/h8-11,17H,6-7,12-13H2,1-5H3. The largest absolute Gasteiger partial charge is 0.313 e. The smallest absolute Gasteiger partial charge is 0.218 e. The van der Waals surface area contributed by atoms with E-state index in [0.717, 1.165) is 30.6 Å². The van der Waals surface area contributed by atoms with Gasteiger partial charge in [0.15, 0.2) is 0 Å². The van der Waals surface area contributed by atoms with Crippen molar-refractivity contribution in [1.29, 1.82) is 0 Å². The molecule has 21 heavy (non-hydrogen) atoms. The van der Waals surface area contributed by atoms with Crippen LogP contribution in [0.3, 0.4) is 0 Å². The molecule has 0 bridgehead atoms. The fourth-order valence-corrected chi connectivity index (χ4v) is 3.68. The van der Waals surface area contributed by atoms with Crippen molar-refractivity contribution >= 4 is 10.0 Å². The summed E-state index contributed by atoms with van der Waals surface area (Å²) in [6.45, 7) is 9.62. The van der Waals surface area contributed by atoms with Crippen LogP contribution in [0.5, 0.6) is 0 Å². The summed E-state index contributed by atoms with van der Waals surface area (Å²) in [7, 11) is -1.64. The van der Waals surface area contributed by atoms with Gasteiger partial charge in [-0.1, -0.05) is 38.1 Å². The first-order valence-corrected chi connectivity index (χ1v) is 9.09. The maximum Gasteiger partial charge on any atom is 0.218 e. The zero-order valence-electron chi connectivity index (χ0n) is 13.8. The molecule has 1 rings (SSSR count). The quantitative estimate of drug-likeness (QED) is 0.803. The molecule has 0 spiro atoms. The maximum atomic E-state index is 12.5. The highest BCUT2D eigenvalue weighted by atomic mass is 32.2. The van der Waals surface area contributed by atoms with Crippen LogP contribution in [0.25, 0.3) is 0 Å². The molecule has 0 aromatic heterocycles. The summed E-state index contributed by atoms with van der Waals surface area (Å²) in [5.74, 6) is 0.0485. The Morgan fingerprint density at radius 1 is 1.19 bits per heavy atom. The van der Waals surface area contributed by atoms with Crippen molar-refractivity contribution in [2.45, 2.75) is 52.0 Å². The first-order valence-electron chi connectivity index (χ1n) is 7.48. The van der Waals surface area contributed by atoms with Crippen LogP contribution >= 0.6 is 0 Å². The van der Waals surface area contributed by atoms with E-state index < -0.39 is 10.0 Å². The Balaban J connectivity index is 2.89. The molecular formula is C16H28N2O2S. The molecule has 5 heteroatoms. The van der Waals surface area contributed by atoms with E-state index in [2.05, 4.69) is 12.2 Å². The van der Waals surface area contributed by atoms with Gasteiger partial charge in [-0.2, -0.15) is 4.31 Å². The molecule has 0 radical (unpaired) electrons. The molecule has 0 heterocycles. The molecule has 0 saturated heterocycles. The van der Waals surface area contributed by atoms with Gasteiger partial charge >= 0.3 is 0 Å². The highest BCUT2D eigenvalue weighted by Gasteiger charge is 2.31. The van der Waals surface area contributed by atoms with Gasteiger partial charge in [-0.25, -0.2) is 8.42 Å². The SMILES string of the molecule is CCNCc1cccc(CS(=O)(=O)N(C)C(C)(C)CC)c1. The molecule has 0 fully saturated rings. The second-order valence-corrected chi connectivity index (χ2v) is 7.99. The van der Waals surface area contributed by atoms with E-state index in [1.807, 2.05) is 45.0 Å². The summed E-state index contributed by atoms with van der Waals surface area (Å²) >= 11 is 0. The van der Waals surface area contributed by atoms with Crippen LogP contribution in [0.4, 0.5) is 0 Å². The highest BCUT2D eigenvalue weighted by molar-refractivity contribution is 7.88. The van der Waals surface area contributed by atoms with E-state index >= 15 is 0 Å². The molecule has 120 valence electrons. The molecule has 0 aliphatic carbocycles. The summed E-state index contributed by atoms with van der Waals surface area (Å²) < 4.78 is 26.6. The number of hydrogen-bond acceptors (Lipinski definition) is 3. The molecule has 0 aliphatic heterocycles. The second-order valence-electron chi connectivity index (χ2n) is 5.99. The average molecular weight is 312 g/mol. The van der Waals surface area contributed by atoms with Crippen LogP contribution in [0, 0.1) is 0 Å². The van der Waals surface area contributed by atoms with Gasteiger partial charge in [-0.15, -0.1) is 0 Å². The molecule has 0 saturated carbocycles. The lowest BCUT2D eigenvalue weighted by atomic mass is 10.0. The third-order valence-corrected chi connectivity index (χ3v) is 6.08. The van der Waals surface area contributed by atoms with E-state index in [-0.39, 0.29) is 11.3 Å². The third kappa shape index (κ3) is 5.09. The number of sulfonamides is 1. The van der Waals surface area contributed by atoms with Gasteiger partial charge < -0.3 is 5.32 Å². The molecular weight excluding hydrogens is 284 g/mol. The Labute approximate surface area is 129 Å². The average Bonchev–Trinajstić information content (AvgIpc) is 2.44. The minimum Gasteiger partial charge on any atom is -0.313 e. The van der Waals surface area contributed by atoms with Gasteiger partial charge in [0.1, 0.15) is 0 Å². The number of rotatable bonds is 8. The Bertz CT molecular complexity index is 553. The van der Waals surface area contributed by atoms with Crippen LogP contribution in [0.1, 0.15) is 45.2 Å². The zero-order valence-corrected chi connectivity index (χ0v) is 14.6. The lowest BCUT2D eigenvalue weighted by Crippen LogP contribution is -2.44. The van der Waals surface area contributed by atoms with Crippen molar-refractivity contribution in [1.82, 2.24) is 9.62 Å². The molecule has 0 unspecified atom stereocenters. The second kappa shape index (κ2) is 7.38. The Hall–Kier alpha value is -0.910. The van der Waals surface area contributed by atoms with Gasteiger partial charge in [0.2, 0.25) is 10.0 Å². The van der Waals surface area contributed by atoms with Gasteiger partial charge in [0.25, 0.3) is 0 Å². The van der Waals surface area contributed by atoms with E-state index in [0.29, 0.717) is 0 Å². The molecule has 1 aromatic carbocycles. The normalized spacial score (nSPS) is 12.9. The topological polar surface area (TPSA) is 49.4 Å². The fraction of sp³-hybridized carbons (Fsp3) is 0.625. The summed E-state index contributed by atoms with van der Waals surface area (Å²) in [6, 6.07) is 7.77. The predicted octanol–water partition coefficient (Wildman–Crippen LogP) is 2.75. The minimum absolute atomic E-state index is 0.0485. The number of nitrogens with zero attached hydrogens (tertiary/aromatic N) is 1. The van der Waals surface area contributed by atoms with Crippen molar-refractivity contribution in [3.05, 3.63) is 35.4 Å². The zero-order chi connectivity index (χ0) is 16.1. The van der Waals surface area contributed by atoms with Crippen molar-refractivity contribution in [3.8, 4) is 0 Å². The number of benzene rings is 1. The van der Waals surface area contributed by atoms with E-state index in [9.17, 15) is 8.42 Å². The third-order valence-electron chi connectivity index (χ3n) is 4.05. The lowest BCUT2D eigenvalue weighted by molar-refractivity contribution is 0.257. The Morgan fingerprint density at radius 2 is 1.81 bits per heavy atom. The highest BCUT2D eigenvalue weighted by Crippen LogP contribution is 2.22. The summed E-state index contributed by atoms with van der Waals surface area (Å²) in [5.41, 5.74) is 1.59. The Kier molecular flexibility index (Phi) is 6.38. The number of nitrogens with one attached hydrogen (secondary N) is 1. The van der Waals surface area contributed by atoms with Crippen molar-refractivity contribution in [2.24, 2.45) is 0 Å². The lowest BCUT2D eigenvalue weighted by Gasteiger charge is -2.33. The predicted molar refractivity (Wildman–Crippen MR) is 88.6 cm³/mol. The van der Waals surface area contributed by atoms with E-state index in [1.54, 1.807) is 7.05 Å². The molecule has 0 amide bonds. The van der Waals surface area contributed by atoms with Crippen LogP contribution in [0.15, 0.2) is 24.3 Å². The van der Waals surface area contributed by atoms with Gasteiger partial charge in [-0.05, 0) is 37.9 Å². The van der Waals surface area contributed by atoms with Crippen molar-refractivity contribution in [2.75, 3.05) is 13.6 Å². The maximum absolute atomic E-state index is 12.5. The van der Waals surface area contributed by atoms with Crippen LogP contribution < -0.4 is 5.32 Å². The van der Waals surface area contributed by atoms with Gasteiger partial charge in [0.05, 0.1) is 5.75 Å². The molecule has 1 aromatic rings.